The minimum atomic E-state index is -0.500. The van der Waals surface area contributed by atoms with Crippen LogP contribution in [0.3, 0.4) is 0 Å². The molecule has 118 valence electrons. The number of ether oxygens (including phenoxy) is 1. The number of amides is 1. The smallest absolute Gasteiger partial charge is 0.407 e. The molecule has 1 rings (SSSR count). The Bertz CT molecular complexity index is 484. The standard InChI is InChI=1S/C16H25FN2O2/c1-11-6-7-13(8-14(11)17)10-18-12(2)9-19-15(20)21-16(3,4)5/h6-8,12,18H,9-10H2,1-5H3,(H,19,20). The molecule has 1 aromatic carbocycles. The summed E-state index contributed by atoms with van der Waals surface area (Å²) in [6.07, 6.45) is -0.433. The van der Waals surface area contributed by atoms with Gasteiger partial charge in [0.15, 0.2) is 0 Å². The summed E-state index contributed by atoms with van der Waals surface area (Å²) in [5.41, 5.74) is 1.01. The number of aryl methyl sites for hydroxylation is 1. The van der Waals surface area contributed by atoms with Crippen molar-refractivity contribution in [3.8, 4) is 0 Å². The van der Waals surface area contributed by atoms with E-state index in [0.29, 0.717) is 18.7 Å². The summed E-state index contributed by atoms with van der Waals surface area (Å²) in [6, 6.07) is 5.23. The molecular formula is C16H25FN2O2. The van der Waals surface area contributed by atoms with Crippen LogP contribution >= 0.6 is 0 Å². The Hall–Kier alpha value is -1.62. The Balaban J connectivity index is 2.32. The molecule has 21 heavy (non-hydrogen) atoms. The van der Waals surface area contributed by atoms with Crippen LogP contribution < -0.4 is 10.6 Å². The number of hydrogen-bond donors (Lipinski definition) is 2. The average molecular weight is 296 g/mol. The van der Waals surface area contributed by atoms with E-state index < -0.39 is 11.7 Å². The molecule has 0 bridgehead atoms. The molecule has 1 unspecified atom stereocenters. The number of nitrogens with one attached hydrogen (secondary N) is 2. The fourth-order valence-corrected chi connectivity index (χ4v) is 1.66. The van der Waals surface area contributed by atoms with Gasteiger partial charge < -0.3 is 15.4 Å². The van der Waals surface area contributed by atoms with E-state index in [1.165, 1.54) is 6.07 Å². The SMILES string of the molecule is Cc1ccc(CNC(C)CNC(=O)OC(C)(C)C)cc1F. The van der Waals surface area contributed by atoms with Gasteiger partial charge >= 0.3 is 6.09 Å². The number of carbonyl (C=O) groups is 1. The molecule has 1 amide bonds. The lowest BCUT2D eigenvalue weighted by atomic mass is 10.1. The number of carbonyl (C=O) groups excluding carboxylic acids is 1. The van der Waals surface area contributed by atoms with E-state index in [-0.39, 0.29) is 11.9 Å². The van der Waals surface area contributed by atoms with Gasteiger partial charge in [0.25, 0.3) is 0 Å². The van der Waals surface area contributed by atoms with Crippen molar-refractivity contribution in [3.05, 3.63) is 35.1 Å². The monoisotopic (exact) mass is 296 g/mol. The average Bonchev–Trinajstić information content (AvgIpc) is 2.36. The van der Waals surface area contributed by atoms with Crippen LogP contribution in [0.1, 0.15) is 38.8 Å². The second-order valence-electron chi connectivity index (χ2n) is 6.25. The first-order chi connectivity index (χ1) is 9.67. The fraction of sp³-hybridized carbons (Fsp3) is 0.562. The molecule has 4 nitrogen and oxygen atoms in total. The van der Waals surface area contributed by atoms with Crippen molar-refractivity contribution < 1.29 is 13.9 Å². The van der Waals surface area contributed by atoms with Gasteiger partial charge in [-0.15, -0.1) is 0 Å². The molecule has 1 aromatic rings. The maximum Gasteiger partial charge on any atom is 0.407 e. The fourth-order valence-electron chi connectivity index (χ4n) is 1.66. The van der Waals surface area contributed by atoms with Gasteiger partial charge in [0.05, 0.1) is 0 Å². The highest BCUT2D eigenvalue weighted by atomic mass is 19.1. The van der Waals surface area contributed by atoms with Crippen LogP contribution in [0.15, 0.2) is 18.2 Å². The summed E-state index contributed by atoms with van der Waals surface area (Å²) < 4.78 is 18.6. The van der Waals surface area contributed by atoms with Crippen molar-refractivity contribution in [2.75, 3.05) is 6.54 Å². The molecule has 0 saturated heterocycles. The number of halogens is 1. The molecule has 0 spiro atoms. The van der Waals surface area contributed by atoms with Crippen LogP contribution in [-0.4, -0.2) is 24.3 Å². The summed E-state index contributed by atoms with van der Waals surface area (Å²) in [7, 11) is 0. The molecule has 0 fully saturated rings. The van der Waals surface area contributed by atoms with Gasteiger partial charge in [-0.05, 0) is 51.8 Å². The van der Waals surface area contributed by atoms with Crippen molar-refractivity contribution >= 4 is 6.09 Å². The van der Waals surface area contributed by atoms with Crippen molar-refractivity contribution in [2.45, 2.75) is 52.8 Å². The third kappa shape index (κ3) is 7.09. The molecule has 0 aliphatic heterocycles. The quantitative estimate of drug-likeness (QED) is 0.877. The third-order valence-electron chi connectivity index (χ3n) is 2.84. The second-order valence-corrected chi connectivity index (χ2v) is 6.25. The maximum atomic E-state index is 13.4. The highest BCUT2D eigenvalue weighted by Gasteiger charge is 2.16. The van der Waals surface area contributed by atoms with Crippen LogP contribution in [0.4, 0.5) is 9.18 Å². The normalized spacial score (nSPS) is 12.9. The lowest BCUT2D eigenvalue weighted by Gasteiger charge is -2.21. The van der Waals surface area contributed by atoms with Crippen LogP contribution in [0.25, 0.3) is 0 Å². The second kappa shape index (κ2) is 7.41. The van der Waals surface area contributed by atoms with E-state index in [2.05, 4.69) is 10.6 Å². The molecule has 0 heterocycles. The summed E-state index contributed by atoms with van der Waals surface area (Å²) in [5.74, 6) is -0.200. The first-order valence-electron chi connectivity index (χ1n) is 7.12. The maximum absolute atomic E-state index is 13.4. The largest absolute Gasteiger partial charge is 0.444 e. The highest BCUT2D eigenvalue weighted by Crippen LogP contribution is 2.09. The molecule has 5 heteroatoms. The minimum absolute atomic E-state index is 0.0573. The molecule has 0 aliphatic carbocycles. The van der Waals surface area contributed by atoms with Gasteiger partial charge in [-0.3, -0.25) is 0 Å². The molecule has 0 radical (unpaired) electrons. The first-order valence-corrected chi connectivity index (χ1v) is 7.12. The van der Waals surface area contributed by atoms with Crippen LogP contribution in [-0.2, 0) is 11.3 Å². The Morgan fingerprint density at radius 3 is 2.62 bits per heavy atom. The Kier molecular flexibility index (Phi) is 6.15. The van der Waals surface area contributed by atoms with E-state index in [9.17, 15) is 9.18 Å². The van der Waals surface area contributed by atoms with E-state index >= 15 is 0 Å². The zero-order valence-electron chi connectivity index (χ0n) is 13.4. The molecule has 1 atom stereocenters. The van der Waals surface area contributed by atoms with Gasteiger partial charge in [-0.25, -0.2) is 9.18 Å². The molecule has 2 N–H and O–H groups in total. The minimum Gasteiger partial charge on any atom is -0.444 e. The van der Waals surface area contributed by atoms with Gasteiger partial charge in [0.2, 0.25) is 0 Å². The first kappa shape index (κ1) is 17.4. The Morgan fingerprint density at radius 2 is 2.05 bits per heavy atom. The lowest BCUT2D eigenvalue weighted by molar-refractivity contribution is 0.0523. The number of rotatable bonds is 5. The van der Waals surface area contributed by atoms with E-state index in [1.807, 2.05) is 33.8 Å². The number of alkyl carbamates (subject to hydrolysis) is 1. The zero-order valence-corrected chi connectivity index (χ0v) is 13.4. The molecular weight excluding hydrogens is 271 g/mol. The summed E-state index contributed by atoms with van der Waals surface area (Å²) in [4.78, 5) is 11.5. The van der Waals surface area contributed by atoms with Gasteiger partial charge in [0.1, 0.15) is 11.4 Å². The topological polar surface area (TPSA) is 50.4 Å². The Morgan fingerprint density at radius 1 is 1.38 bits per heavy atom. The van der Waals surface area contributed by atoms with E-state index in [0.717, 1.165) is 5.56 Å². The Labute approximate surface area is 126 Å². The van der Waals surface area contributed by atoms with Gasteiger partial charge in [-0.2, -0.15) is 0 Å². The van der Waals surface area contributed by atoms with Crippen molar-refractivity contribution in [1.82, 2.24) is 10.6 Å². The molecule has 0 aliphatic rings. The summed E-state index contributed by atoms with van der Waals surface area (Å²) in [6.45, 7) is 10.1. The van der Waals surface area contributed by atoms with Crippen LogP contribution in [0.2, 0.25) is 0 Å². The van der Waals surface area contributed by atoms with E-state index in [1.54, 1.807) is 13.0 Å². The number of hydrogen-bond acceptors (Lipinski definition) is 3. The van der Waals surface area contributed by atoms with Crippen LogP contribution in [0.5, 0.6) is 0 Å². The molecule has 0 aromatic heterocycles. The van der Waals surface area contributed by atoms with Crippen molar-refractivity contribution in [1.29, 1.82) is 0 Å². The van der Waals surface area contributed by atoms with Gasteiger partial charge in [0, 0.05) is 19.1 Å². The van der Waals surface area contributed by atoms with Crippen molar-refractivity contribution in [3.63, 3.8) is 0 Å². The van der Waals surface area contributed by atoms with Crippen molar-refractivity contribution in [2.24, 2.45) is 0 Å². The molecule has 0 saturated carbocycles. The zero-order chi connectivity index (χ0) is 16.0. The predicted molar refractivity (Wildman–Crippen MR) is 81.7 cm³/mol. The third-order valence-corrected chi connectivity index (χ3v) is 2.84. The van der Waals surface area contributed by atoms with Crippen LogP contribution in [0, 0.1) is 12.7 Å². The predicted octanol–water partition coefficient (Wildman–Crippen LogP) is 3.14. The van der Waals surface area contributed by atoms with E-state index in [4.69, 9.17) is 4.74 Å². The summed E-state index contributed by atoms with van der Waals surface area (Å²) >= 11 is 0. The highest BCUT2D eigenvalue weighted by molar-refractivity contribution is 5.67. The number of benzene rings is 1. The summed E-state index contributed by atoms with van der Waals surface area (Å²) in [5, 5.41) is 5.92. The van der Waals surface area contributed by atoms with Gasteiger partial charge in [-0.1, -0.05) is 12.1 Å². The lowest BCUT2D eigenvalue weighted by Crippen LogP contribution is -2.41.